The molecular formula is C14H17ClN4O4S. The van der Waals surface area contributed by atoms with E-state index in [2.05, 4.69) is 10.4 Å². The van der Waals surface area contributed by atoms with Gasteiger partial charge in [-0.25, -0.2) is 4.79 Å². The summed E-state index contributed by atoms with van der Waals surface area (Å²) in [5.41, 5.74) is 0.700. The Kier molecular flexibility index (Phi) is 3.83. The molecule has 130 valence electrons. The number of nitrogens with one attached hydrogen (secondary N) is 1. The van der Waals surface area contributed by atoms with Gasteiger partial charge in [-0.2, -0.15) is 5.10 Å². The SMILES string of the molecule is Cc1nn(C)c(C(=O)NC2C(=O)N3C2SC(C)(C)C3C(=O)O)c1Cl. The molecule has 0 saturated carbocycles. The predicted molar refractivity (Wildman–Crippen MR) is 87.9 cm³/mol. The molecule has 2 aliphatic rings. The number of nitrogens with zero attached hydrogens (tertiary/aromatic N) is 3. The molecule has 1 aromatic heterocycles. The van der Waals surface area contributed by atoms with Crippen LogP contribution in [0, 0.1) is 6.92 Å². The molecule has 1 aromatic rings. The number of hydrogen-bond donors (Lipinski definition) is 2. The van der Waals surface area contributed by atoms with E-state index in [0.29, 0.717) is 5.69 Å². The minimum absolute atomic E-state index is 0.178. The maximum atomic E-state index is 12.5. The molecular weight excluding hydrogens is 356 g/mol. The number of carbonyl (C=O) groups excluding carboxylic acids is 2. The van der Waals surface area contributed by atoms with Crippen LogP contribution in [0.4, 0.5) is 0 Å². The van der Waals surface area contributed by atoms with Gasteiger partial charge >= 0.3 is 5.97 Å². The zero-order chi connectivity index (χ0) is 18.0. The van der Waals surface area contributed by atoms with E-state index in [0.717, 1.165) is 0 Å². The molecule has 2 amide bonds. The number of aryl methyl sites for hydroxylation is 2. The van der Waals surface area contributed by atoms with Gasteiger partial charge < -0.3 is 15.3 Å². The van der Waals surface area contributed by atoms with Crippen LogP contribution in [0.1, 0.15) is 30.0 Å². The van der Waals surface area contributed by atoms with Crippen LogP contribution in [0.15, 0.2) is 0 Å². The molecule has 2 N–H and O–H groups in total. The average molecular weight is 373 g/mol. The van der Waals surface area contributed by atoms with Crippen LogP contribution in [0.3, 0.4) is 0 Å². The number of carbonyl (C=O) groups is 3. The molecule has 2 saturated heterocycles. The van der Waals surface area contributed by atoms with Crippen molar-refractivity contribution in [2.45, 2.75) is 43.0 Å². The Labute approximate surface area is 147 Å². The molecule has 0 aliphatic carbocycles. The molecule has 0 aromatic carbocycles. The van der Waals surface area contributed by atoms with Gasteiger partial charge in [0, 0.05) is 11.8 Å². The van der Waals surface area contributed by atoms with Crippen LogP contribution in [-0.4, -0.2) is 59.8 Å². The summed E-state index contributed by atoms with van der Waals surface area (Å²) in [6.45, 7) is 5.24. The first-order valence-electron chi connectivity index (χ1n) is 7.29. The van der Waals surface area contributed by atoms with E-state index in [-0.39, 0.29) is 10.7 Å². The van der Waals surface area contributed by atoms with E-state index in [1.807, 2.05) is 0 Å². The quantitative estimate of drug-likeness (QED) is 0.754. The summed E-state index contributed by atoms with van der Waals surface area (Å²) >= 11 is 7.46. The van der Waals surface area contributed by atoms with Crippen molar-refractivity contribution in [3.05, 3.63) is 16.4 Å². The van der Waals surface area contributed by atoms with Gasteiger partial charge in [0.05, 0.1) is 10.7 Å². The van der Waals surface area contributed by atoms with Gasteiger partial charge in [0.2, 0.25) is 5.91 Å². The van der Waals surface area contributed by atoms with Crippen LogP contribution < -0.4 is 5.32 Å². The number of thioether (sulfide) groups is 1. The second-order valence-electron chi connectivity index (χ2n) is 6.42. The fourth-order valence-corrected chi connectivity index (χ4v) is 5.11. The van der Waals surface area contributed by atoms with Gasteiger partial charge in [0.25, 0.3) is 5.91 Å². The normalized spacial score (nSPS) is 27.6. The Bertz CT molecular complexity index is 762. The summed E-state index contributed by atoms with van der Waals surface area (Å²) in [6, 6.07) is -1.67. The molecule has 2 fully saturated rings. The molecule has 0 spiro atoms. The predicted octanol–water partition coefficient (Wildman–Crippen LogP) is 0.627. The lowest BCUT2D eigenvalue weighted by atomic mass is 9.96. The highest BCUT2D eigenvalue weighted by Gasteiger charge is 2.64. The molecule has 2 aliphatic heterocycles. The number of β-lactam (4-membered cyclic amide) rings is 1. The first-order valence-corrected chi connectivity index (χ1v) is 8.54. The van der Waals surface area contributed by atoms with E-state index >= 15 is 0 Å². The van der Waals surface area contributed by atoms with Crippen molar-refractivity contribution < 1.29 is 19.5 Å². The zero-order valence-electron chi connectivity index (χ0n) is 13.5. The fourth-order valence-electron chi connectivity index (χ4n) is 3.23. The molecule has 10 heteroatoms. The Morgan fingerprint density at radius 1 is 1.42 bits per heavy atom. The maximum Gasteiger partial charge on any atom is 0.327 e. The Hall–Kier alpha value is -1.74. The third kappa shape index (κ3) is 2.29. The summed E-state index contributed by atoms with van der Waals surface area (Å²) in [6.07, 6.45) is 0. The smallest absolute Gasteiger partial charge is 0.327 e. The van der Waals surface area contributed by atoms with Crippen LogP contribution in [0.25, 0.3) is 0 Å². The van der Waals surface area contributed by atoms with Crippen molar-refractivity contribution in [2.24, 2.45) is 7.05 Å². The van der Waals surface area contributed by atoms with Crippen molar-refractivity contribution in [3.63, 3.8) is 0 Å². The molecule has 0 radical (unpaired) electrons. The zero-order valence-corrected chi connectivity index (χ0v) is 15.1. The third-order valence-electron chi connectivity index (χ3n) is 4.33. The van der Waals surface area contributed by atoms with Crippen LogP contribution >= 0.6 is 23.4 Å². The molecule has 8 nitrogen and oxygen atoms in total. The molecule has 3 unspecified atom stereocenters. The van der Waals surface area contributed by atoms with Gasteiger partial charge in [-0.05, 0) is 20.8 Å². The van der Waals surface area contributed by atoms with E-state index < -0.39 is 40.0 Å². The monoisotopic (exact) mass is 372 g/mol. The summed E-state index contributed by atoms with van der Waals surface area (Å²) in [4.78, 5) is 37.6. The van der Waals surface area contributed by atoms with Crippen LogP contribution in [0.2, 0.25) is 5.02 Å². The summed E-state index contributed by atoms with van der Waals surface area (Å²) in [5.74, 6) is -1.94. The number of fused-ring (bicyclic) bond motifs is 1. The minimum Gasteiger partial charge on any atom is -0.480 e. The topological polar surface area (TPSA) is 105 Å². The maximum absolute atomic E-state index is 12.5. The van der Waals surface area contributed by atoms with Crippen molar-refractivity contribution >= 4 is 41.1 Å². The highest BCUT2D eigenvalue weighted by atomic mass is 35.5. The van der Waals surface area contributed by atoms with Crippen molar-refractivity contribution in [1.82, 2.24) is 20.0 Å². The number of amides is 2. The second kappa shape index (κ2) is 5.38. The minimum atomic E-state index is -1.04. The number of hydrogen-bond acceptors (Lipinski definition) is 5. The van der Waals surface area contributed by atoms with E-state index in [1.54, 1.807) is 27.8 Å². The van der Waals surface area contributed by atoms with Gasteiger partial charge in [-0.15, -0.1) is 11.8 Å². The average Bonchev–Trinajstić information content (AvgIpc) is 2.87. The molecule has 0 bridgehead atoms. The third-order valence-corrected chi connectivity index (χ3v) is 6.35. The number of carboxylic acids is 1. The Morgan fingerprint density at radius 3 is 2.54 bits per heavy atom. The van der Waals surface area contributed by atoms with Crippen molar-refractivity contribution in [1.29, 1.82) is 0 Å². The highest BCUT2D eigenvalue weighted by molar-refractivity contribution is 8.01. The summed E-state index contributed by atoms with van der Waals surface area (Å²) < 4.78 is 0.728. The molecule has 3 rings (SSSR count). The lowest BCUT2D eigenvalue weighted by Gasteiger charge is -2.43. The number of halogens is 1. The van der Waals surface area contributed by atoms with E-state index in [1.165, 1.54) is 21.3 Å². The van der Waals surface area contributed by atoms with Crippen molar-refractivity contribution in [2.75, 3.05) is 0 Å². The number of rotatable bonds is 3. The highest BCUT2D eigenvalue weighted by Crippen LogP contribution is 2.50. The first-order chi connectivity index (χ1) is 11.1. The number of aliphatic carboxylic acids is 1. The van der Waals surface area contributed by atoms with E-state index in [9.17, 15) is 19.5 Å². The van der Waals surface area contributed by atoms with Crippen LogP contribution in [-0.2, 0) is 16.6 Å². The van der Waals surface area contributed by atoms with Gasteiger partial charge in [0.15, 0.2) is 0 Å². The molecule has 24 heavy (non-hydrogen) atoms. The van der Waals surface area contributed by atoms with Crippen LogP contribution in [0.5, 0.6) is 0 Å². The molecule has 3 heterocycles. The Balaban J connectivity index is 1.80. The largest absolute Gasteiger partial charge is 0.480 e. The Morgan fingerprint density at radius 2 is 2.04 bits per heavy atom. The number of carboxylic acid groups (broad SMARTS) is 1. The second-order valence-corrected chi connectivity index (χ2v) is 8.57. The first kappa shape index (κ1) is 17.1. The van der Waals surface area contributed by atoms with Gasteiger partial charge in [0.1, 0.15) is 23.2 Å². The fraction of sp³-hybridized carbons (Fsp3) is 0.571. The summed E-state index contributed by atoms with van der Waals surface area (Å²) in [7, 11) is 1.59. The van der Waals surface area contributed by atoms with Gasteiger partial charge in [-0.3, -0.25) is 14.3 Å². The molecule has 3 atom stereocenters. The lowest BCUT2D eigenvalue weighted by molar-refractivity contribution is -0.159. The lowest BCUT2D eigenvalue weighted by Crippen LogP contribution is -2.70. The van der Waals surface area contributed by atoms with Crippen molar-refractivity contribution in [3.8, 4) is 0 Å². The standard InChI is InChI=1S/C14H17ClN4O4S/c1-5-6(15)8(18(4)17-5)10(20)16-7-11(21)19-9(13(22)23)14(2,3)24-12(7)19/h7,9,12H,1-4H3,(H,16,20)(H,22,23). The summed E-state index contributed by atoms with van der Waals surface area (Å²) in [5, 5.41) is 16.0. The number of aromatic nitrogens is 2. The van der Waals surface area contributed by atoms with Gasteiger partial charge in [-0.1, -0.05) is 11.6 Å². The van der Waals surface area contributed by atoms with E-state index in [4.69, 9.17) is 11.6 Å².